The molecule has 17 heavy (non-hydrogen) atoms. The number of aromatic nitrogens is 3. The number of nitrogens with zero attached hydrogens (tertiary/aromatic N) is 3. The van der Waals surface area contributed by atoms with Crippen LogP contribution in [0.25, 0.3) is 11.4 Å². The van der Waals surface area contributed by atoms with Crippen molar-refractivity contribution in [2.75, 3.05) is 5.73 Å². The first kappa shape index (κ1) is 10.3. The van der Waals surface area contributed by atoms with Gasteiger partial charge in [-0.05, 0) is 38.3 Å². The van der Waals surface area contributed by atoms with Gasteiger partial charge in [0.05, 0.1) is 0 Å². The summed E-state index contributed by atoms with van der Waals surface area (Å²) in [5.41, 5.74) is 8.92. The number of benzene rings is 1. The van der Waals surface area contributed by atoms with Crippen LogP contribution in [-0.4, -0.2) is 14.8 Å². The van der Waals surface area contributed by atoms with Gasteiger partial charge >= 0.3 is 0 Å². The molecule has 0 radical (unpaired) electrons. The van der Waals surface area contributed by atoms with Gasteiger partial charge in [-0.2, -0.15) is 0 Å². The third-order valence-corrected chi connectivity index (χ3v) is 3.32. The quantitative estimate of drug-likeness (QED) is 0.803. The number of aryl methyl sites for hydroxylation is 2. The first-order chi connectivity index (χ1) is 8.16. The second-order valence-electron chi connectivity index (χ2n) is 4.74. The fraction of sp³-hybridized carbons (Fsp3) is 0.385. The fourth-order valence-electron chi connectivity index (χ4n) is 2.12. The minimum absolute atomic E-state index is 0.586. The standard InChI is InChI=1S/C13H16N4/c1-8-3-4-10(7-12(8)14)13-16-15-9(2)17(13)11-5-6-11/h3-4,7,11H,5-6,14H2,1-2H3. The van der Waals surface area contributed by atoms with Gasteiger partial charge in [0.2, 0.25) is 0 Å². The van der Waals surface area contributed by atoms with Crippen LogP contribution in [0.2, 0.25) is 0 Å². The van der Waals surface area contributed by atoms with E-state index in [0.717, 1.165) is 28.5 Å². The smallest absolute Gasteiger partial charge is 0.164 e. The van der Waals surface area contributed by atoms with E-state index in [1.807, 2.05) is 26.0 Å². The van der Waals surface area contributed by atoms with Crippen LogP contribution in [0, 0.1) is 13.8 Å². The van der Waals surface area contributed by atoms with E-state index in [9.17, 15) is 0 Å². The van der Waals surface area contributed by atoms with Gasteiger partial charge in [-0.25, -0.2) is 0 Å². The molecule has 1 aromatic heterocycles. The lowest BCUT2D eigenvalue weighted by Crippen LogP contribution is -2.00. The van der Waals surface area contributed by atoms with E-state index < -0.39 is 0 Å². The SMILES string of the molecule is Cc1ccc(-c2nnc(C)n2C2CC2)cc1N. The molecule has 0 bridgehead atoms. The van der Waals surface area contributed by atoms with Crippen molar-refractivity contribution in [1.29, 1.82) is 0 Å². The molecule has 0 spiro atoms. The minimum atomic E-state index is 0.586. The van der Waals surface area contributed by atoms with Gasteiger partial charge in [0.15, 0.2) is 5.82 Å². The van der Waals surface area contributed by atoms with Gasteiger partial charge in [-0.3, -0.25) is 0 Å². The summed E-state index contributed by atoms with van der Waals surface area (Å²) in [4.78, 5) is 0. The third kappa shape index (κ3) is 1.69. The number of nitrogen functional groups attached to an aromatic ring is 1. The van der Waals surface area contributed by atoms with Crippen LogP contribution >= 0.6 is 0 Å². The molecule has 0 amide bonds. The molecular weight excluding hydrogens is 212 g/mol. The second-order valence-corrected chi connectivity index (χ2v) is 4.74. The molecule has 2 aromatic rings. The molecule has 0 saturated heterocycles. The summed E-state index contributed by atoms with van der Waals surface area (Å²) in [6.45, 7) is 4.02. The number of hydrogen-bond acceptors (Lipinski definition) is 3. The Morgan fingerprint density at radius 3 is 2.65 bits per heavy atom. The Labute approximate surface area is 100 Å². The average Bonchev–Trinajstić information content (AvgIpc) is 3.06. The summed E-state index contributed by atoms with van der Waals surface area (Å²) in [6, 6.07) is 6.67. The molecule has 1 aliphatic rings. The lowest BCUT2D eigenvalue weighted by Gasteiger charge is -2.08. The van der Waals surface area contributed by atoms with Crippen molar-refractivity contribution in [3.05, 3.63) is 29.6 Å². The van der Waals surface area contributed by atoms with E-state index >= 15 is 0 Å². The highest BCUT2D eigenvalue weighted by molar-refractivity contribution is 5.64. The van der Waals surface area contributed by atoms with Gasteiger partial charge in [-0.15, -0.1) is 10.2 Å². The van der Waals surface area contributed by atoms with Crippen molar-refractivity contribution in [2.45, 2.75) is 32.7 Å². The van der Waals surface area contributed by atoms with Crippen LogP contribution in [-0.2, 0) is 0 Å². The van der Waals surface area contributed by atoms with E-state index in [0.29, 0.717) is 6.04 Å². The minimum Gasteiger partial charge on any atom is -0.398 e. The molecule has 2 N–H and O–H groups in total. The molecule has 1 fully saturated rings. The van der Waals surface area contributed by atoms with Gasteiger partial charge in [-0.1, -0.05) is 12.1 Å². The largest absolute Gasteiger partial charge is 0.398 e. The fourth-order valence-corrected chi connectivity index (χ4v) is 2.12. The Morgan fingerprint density at radius 1 is 1.24 bits per heavy atom. The van der Waals surface area contributed by atoms with Crippen molar-refractivity contribution in [1.82, 2.24) is 14.8 Å². The maximum Gasteiger partial charge on any atom is 0.164 e. The van der Waals surface area contributed by atoms with Gasteiger partial charge in [0.25, 0.3) is 0 Å². The number of anilines is 1. The Bertz CT molecular complexity index is 567. The van der Waals surface area contributed by atoms with Crippen LogP contribution < -0.4 is 5.73 Å². The summed E-state index contributed by atoms with van der Waals surface area (Å²) in [5, 5.41) is 8.45. The van der Waals surface area contributed by atoms with E-state index in [-0.39, 0.29) is 0 Å². The topological polar surface area (TPSA) is 56.7 Å². The van der Waals surface area contributed by atoms with Crippen LogP contribution in [0.5, 0.6) is 0 Å². The molecule has 1 heterocycles. The third-order valence-electron chi connectivity index (χ3n) is 3.32. The van der Waals surface area contributed by atoms with Crippen LogP contribution in [0.3, 0.4) is 0 Å². The summed E-state index contributed by atoms with van der Waals surface area (Å²) >= 11 is 0. The molecular formula is C13H16N4. The van der Waals surface area contributed by atoms with Crippen molar-refractivity contribution < 1.29 is 0 Å². The highest BCUT2D eigenvalue weighted by Gasteiger charge is 2.28. The molecule has 0 unspecified atom stereocenters. The first-order valence-corrected chi connectivity index (χ1v) is 5.95. The highest BCUT2D eigenvalue weighted by atomic mass is 15.3. The Balaban J connectivity index is 2.11. The first-order valence-electron chi connectivity index (χ1n) is 5.95. The number of hydrogen-bond donors (Lipinski definition) is 1. The number of nitrogens with two attached hydrogens (primary N) is 1. The van der Waals surface area contributed by atoms with Crippen molar-refractivity contribution >= 4 is 5.69 Å². The molecule has 88 valence electrons. The predicted molar refractivity (Wildman–Crippen MR) is 67.6 cm³/mol. The summed E-state index contributed by atoms with van der Waals surface area (Å²) in [5.74, 6) is 1.93. The monoisotopic (exact) mass is 228 g/mol. The van der Waals surface area contributed by atoms with Gasteiger partial charge < -0.3 is 10.3 Å². The zero-order valence-corrected chi connectivity index (χ0v) is 10.1. The second kappa shape index (κ2) is 3.58. The van der Waals surface area contributed by atoms with Gasteiger partial charge in [0.1, 0.15) is 5.82 Å². The van der Waals surface area contributed by atoms with Gasteiger partial charge in [0, 0.05) is 17.3 Å². The summed E-state index contributed by atoms with van der Waals surface area (Å²) in [7, 11) is 0. The molecule has 1 aliphatic carbocycles. The van der Waals surface area contributed by atoms with E-state index in [1.54, 1.807) is 0 Å². The average molecular weight is 228 g/mol. The molecule has 4 nitrogen and oxygen atoms in total. The molecule has 1 saturated carbocycles. The van der Waals surface area contributed by atoms with E-state index in [1.165, 1.54) is 12.8 Å². The maximum absolute atomic E-state index is 5.95. The molecule has 0 aliphatic heterocycles. The zero-order chi connectivity index (χ0) is 12.0. The molecule has 1 aromatic carbocycles. The summed E-state index contributed by atoms with van der Waals surface area (Å²) < 4.78 is 2.23. The van der Waals surface area contributed by atoms with E-state index in [4.69, 9.17) is 5.73 Å². The van der Waals surface area contributed by atoms with Crippen molar-refractivity contribution in [3.63, 3.8) is 0 Å². The van der Waals surface area contributed by atoms with Crippen molar-refractivity contribution in [2.24, 2.45) is 0 Å². The lowest BCUT2D eigenvalue weighted by molar-refractivity contribution is 0.717. The highest BCUT2D eigenvalue weighted by Crippen LogP contribution is 2.39. The summed E-state index contributed by atoms with van der Waals surface area (Å²) in [6.07, 6.45) is 2.46. The molecule has 0 atom stereocenters. The Morgan fingerprint density at radius 2 is 2.00 bits per heavy atom. The Hall–Kier alpha value is -1.84. The number of rotatable bonds is 2. The van der Waals surface area contributed by atoms with E-state index in [2.05, 4.69) is 20.8 Å². The molecule has 3 rings (SSSR count). The van der Waals surface area contributed by atoms with Crippen molar-refractivity contribution in [3.8, 4) is 11.4 Å². The maximum atomic E-state index is 5.95. The normalized spacial score (nSPS) is 15.2. The van der Waals surface area contributed by atoms with Crippen LogP contribution in [0.4, 0.5) is 5.69 Å². The lowest BCUT2D eigenvalue weighted by atomic mass is 10.1. The zero-order valence-electron chi connectivity index (χ0n) is 10.1. The molecule has 4 heteroatoms. The van der Waals surface area contributed by atoms with Crippen LogP contribution in [0.15, 0.2) is 18.2 Å². The Kier molecular flexibility index (Phi) is 2.18. The predicted octanol–water partition coefficient (Wildman–Crippen LogP) is 2.48. The van der Waals surface area contributed by atoms with Crippen LogP contribution in [0.1, 0.15) is 30.3 Å².